The lowest BCUT2D eigenvalue weighted by Crippen LogP contribution is -2.41. The number of allylic oxidation sites excluding steroid dienone is 2. The first-order valence-corrected chi connectivity index (χ1v) is 10.9. The summed E-state index contributed by atoms with van der Waals surface area (Å²) in [6, 6.07) is 17.8. The van der Waals surface area contributed by atoms with Gasteiger partial charge in [-0.25, -0.2) is 0 Å². The first-order valence-electron chi connectivity index (χ1n) is 10.9. The fourth-order valence-electron chi connectivity index (χ4n) is 5.12. The van der Waals surface area contributed by atoms with Crippen LogP contribution in [0.15, 0.2) is 66.7 Å². The molecule has 0 radical (unpaired) electrons. The number of benzene rings is 3. The quantitative estimate of drug-likeness (QED) is 0.459. The maximum absolute atomic E-state index is 13.1. The average molecular weight is 413 g/mol. The van der Waals surface area contributed by atoms with E-state index >= 15 is 0 Å². The molecule has 158 valence electrons. The Morgan fingerprint density at radius 2 is 1.87 bits per heavy atom. The van der Waals surface area contributed by atoms with E-state index in [-0.39, 0.29) is 29.3 Å². The van der Waals surface area contributed by atoms with Crippen molar-refractivity contribution in [1.82, 2.24) is 5.32 Å². The van der Waals surface area contributed by atoms with E-state index in [4.69, 9.17) is 0 Å². The van der Waals surface area contributed by atoms with E-state index in [1.807, 2.05) is 51.1 Å². The largest absolute Gasteiger partial charge is 0.508 e. The van der Waals surface area contributed by atoms with Gasteiger partial charge in [-0.3, -0.25) is 4.79 Å². The smallest absolute Gasteiger partial charge is 0.253 e. The van der Waals surface area contributed by atoms with Gasteiger partial charge in [0.1, 0.15) is 5.75 Å². The normalized spacial score (nSPS) is 22.0. The molecule has 0 fully saturated rings. The highest BCUT2D eigenvalue weighted by Gasteiger charge is 2.40. The number of hydrogen-bond acceptors (Lipinski definition) is 3. The maximum atomic E-state index is 13.1. The molecule has 4 nitrogen and oxygen atoms in total. The van der Waals surface area contributed by atoms with Crippen molar-refractivity contribution in [2.75, 3.05) is 5.32 Å². The summed E-state index contributed by atoms with van der Waals surface area (Å²) >= 11 is 0. The number of aromatic hydroxyl groups is 1. The van der Waals surface area contributed by atoms with Gasteiger partial charge in [0.15, 0.2) is 0 Å². The van der Waals surface area contributed by atoms with Crippen molar-refractivity contribution in [1.29, 1.82) is 0 Å². The molecule has 3 aromatic carbocycles. The number of nitrogens with one attached hydrogen (secondary N) is 2. The molecule has 3 aromatic rings. The zero-order chi connectivity index (χ0) is 21.8. The van der Waals surface area contributed by atoms with Gasteiger partial charge in [-0.1, -0.05) is 54.6 Å². The number of phenolic OH excluding ortho intramolecular Hbond substituents is 1. The lowest BCUT2D eigenvalue weighted by Gasteiger charge is -2.39. The molecule has 31 heavy (non-hydrogen) atoms. The minimum atomic E-state index is -0.322. The Morgan fingerprint density at radius 1 is 1.06 bits per heavy atom. The zero-order valence-electron chi connectivity index (χ0n) is 18.1. The molecule has 3 unspecified atom stereocenters. The van der Waals surface area contributed by atoms with Crippen molar-refractivity contribution in [3.63, 3.8) is 0 Å². The van der Waals surface area contributed by atoms with E-state index in [2.05, 4.69) is 41.0 Å². The van der Waals surface area contributed by atoms with Gasteiger partial charge in [0.2, 0.25) is 0 Å². The Labute approximate surface area is 183 Å². The third-order valence-electron chi connectivity index (χ3n) is 6.39. The van der Waals surface area contributed by atoms with E-state index in [0.29, 0.717) is 11.3 Å². The summed E-state index contributed by atoms with van der Waals surface area (Å²) in [5.41, 5.74) is 3.26. The number of rotatable bonds is 2. The molecule has 1 aliphatic carbocycles. The molecule has 3 N–H and O–H groups in total. The van der Waals surface area contributed by atoms with Crippen molar-refractivity contribution in [3.05, 3.63) is 83.4 Å². The molecular weight excluding hydrogens is 384 g/mol. The van der Waals surface area contributed by atoms with Crippen LogP contribution in [0, 0.1) is 5.92 Å². The van der Waals surface area contributed by atoms with E-state index in [1.54, 1.807) is 6.07 Å². The number of carbonyl (C=O) groups excluding carboxylic acids is 1. The van der Waals surface area contributed by atoms with E-state index < -0.39 is 0 Å². The molecule has 1 aliphatic heterocycles. The second-order valence-electron chi connectivity index (χ2n) is 9.67. The number of amides is 1. The number of anilines is 1. The fourth-order valence-corrected chi connectivity index (χ4v) is 5.12. The first kappa shape index (κ1) is 19.7. The number of phenols is 1. The van der Waals surface area contributed by atoms with Crippen LogP contribution < -0.4 is 10.6 Å². The molecule has 0 saturated carbocycles. The van der Waals surface area contributed by atoms with Gasteiger partial charge in [-0.2, -0.15) is 0 Å². The molecule has 0 aromatic heterocycles. The summed E-state index contributed by atoms with van der Waals surface area (Å²) in [4.78, 5) is 13.1. The van der Waals surface area contributed by atoms with Crippen LogP contribution in [0.2, 0.25) is 0 Å². The molecule has 4 heteroatoms. The molecule has 0 saturated heterocycles. The first-order chi connectivity index (χ1) is 14.8. The third kappa shape index (κ3) is 3.36. The Hall–Kier alpha value is -3.27. The summed E-state index contributed by atoms with van der Waals surface area (Å²) in [5, 5.41) is 19.9. The summed E-state index contributed by atoms with van der Waals surface area (Å²) in [5.74, 6) is 0.701. The number of fused-ring (bicyclic) bond motifs is 4. The summed E-state index contributed by atoms with van der Waals surface area (Å²) < 4.78 is 0. The van der Waals surface area contributed by atoms with Crippen molar-refractivity contribution >= 4 is 22.4 Å². The Bertz CT molecular complexity index is 1210. The Morgan fingerprint density at radius 3 is 2.68 bits per heavy atom. The predicted molar refractivity (Wildman–Crippen MR) is 126 cm³/mol. The van der Waals surface area contributed by atoms with Crippen molar-refractivity contribution < 1.29 is 9.90 Å². The predicted octanol–water partition coefficient (Wildman–Crippen LogP) is 5.90. The van der Waals surface area contributed by atoms with Gasteiger partial charge >= 0.3 is 0 Å². The SMILES string of the molecule is CC(C)(C)NC(=O)c1cccc2c1NC(c1c(O)ccc3ccccc13)C1CC=CC21. The minimum absolute atomic E-state index is 0.0850. The zero-order valence-corrected chi connectivity index (χ0v) is 18.1. The summed E-state index contributed by atoms with van der Waals surface area (Å²) in [7, 11) is 0. The number of carbonyl (C=O) groups is 1. The average Bonchev–Trinajstić information content (AvgIpc) is 3.22. The molecule has 3 atom stereocenters. The fraction of sp³-hybridized carbons (Fsp3) is 0.296. The van der Waals surface area contributed by atoms with Crippen LogP contribution in [-0.4, -0.2) is 16.6 Å². The Balaban J connectivity index is 1.66. The van der Waals surface area contributed by atoms with Crippen LogP contribution >= 0.6 is 0 Å². The molecule has 1 heterocycles. The molecular formula is C27H28N2O2. The summed E-state index contributed by atoms with van der Waals surface area (Å²) in [6.45, 7) is 5.96. The Kier molecular flexibility index (Phi) is 4.54. The molecule has 0 bridgehead atoms. The van der Waals surface area contributed by atoms with Crippen LogP contribution in [0.1, 0.15) is 60.6 Å². The van der Waals surface area contributed by atoms with Crippen LogP contribution in [0.3, 0.4) is 0 Å². The van der Waals surface area contributed by atoms with E-state index in [1.165, 1.54) is 0 Å². The second kappa shape index (κ2) is 7.16. The molecule has 5 rings (SSSR count). The van der Waals surface area contributed by atoms with Crippen LogP contribution in [-0.2, 0) is 0 Å². The highest BCUT2D eigenvalue weighted by Crippen LogP contribution is 2.53. The van der Waals surface area contributed by atoms with Crippen LogP contribution in [0.5, 0.6) is 5.75 Å². The lowest BCUT2D eigenvalue weighted by atomic mass is 9.75. The van der Waals surface area contributed by atoms with Gasteiger partial charge in [0, 0.05) is 17.0 Å². The summed E-state index contributed by atoms with van der Waals surface area (Å²) in [6.07, 6.45) is 5.41. The lowest BCUT2D eigenvalue weighted by molar-refractivity contribution is 0.0920. The van der Waals surface area contributed by atoms with E-state index in [9.17, 15) is 9.90 Å². The third-order valence-corrected chi connectivity index (χ3v) is 6.39. The standard InChI is InChI=1S/C27H28N2O2/c1-27(2,3)29-26(31)21-13-7-11-19-18-10-6-12-20(18)25(28-24(19)21)23-17-9-5-4-8-16(17)14-15-22(23)30/h4-11,13-15,18,20,25,28,30H,12H2,1-3H3,(H,29,31). The van der Waals surface area contributed by atoms with Crippen molar-refractivity contribution in [2.24, 2.45) is 5.92 Å². The van der Waals surface area contributed by atoms with Gasteiger partial charge in [0.05, 0.1) is 17.3 Å². The van der Waals surface area contributed by atoms with Gasteiger partial charge in [-0.15, -0.1) is 0 Å². The second-order valence-corrected chi connectivity index (χ2v) is 9.67. The minimum Gasteiger partial charge on any atom is -0.508 e. The van der Waals surface area contributed by atoms with Gasteiger partial charge < -0.3 is 15.7 Å². The topological polar surface area (TPSA) is 61.4 Å². The highest BCUT2D eigenvalue weighted by molar-refractivity contribution is 6.01. The van der Waals surface area contributed by atoms with Crippen molar-refractivity contribution in [3.8, 4) is 5.75 Å². The van der Waals surface area contributed by atoms with Crippen LogP contribution in [0.25, 0.3) is 10.8 Å². The number of para-hydroxylation sites is 1. The molecule has 1 amide bonds. The van der Waals surface area contributed by atoms with Gasteiger partial charge in [-0.05, 0) is 61.6 Å². The monoisotopic (exact) mass is 412 g/mol. The van der Waals surface area contributed by atoms with Crippen molar-refractivity contribution in [2.45, 2.75) is 44.7 Å². The van der Waals surface area contributed by atoms with E-state index in [0.717, 1.165) is 34.0 Å². The molecule has 0 spiro atoms. The van der Waals surface area contributed by atoms with Crippen LogP contribution in [0.4, 0.5) is 5.69 Å². The number of hydrogen-bond donors (Lipinski definition) is 3. The molecule has 2 aliphatic rings. The van der Waals surface area contributed by atoms with Gasteiger partial charge in [0.25, 0.3) is 5.91 Å². The highest BCUT2D eigenvalue weighted by atomic mass is 16.3. The maximum Gasteiger partial charge on any atom is 0.253 e.